The Labute approximate surface area is 122 Å². The number of rotatable bonds is 6. The number of carboxylic acid groups (broad SMARTS) is 1. The fourth-order valence-corrected chi connectivity index (χ4v) is 2.33. The monoisotopic (exact) mass is 385 g/mol. The van der Waals surface area contributed by atoms with Crippen molar-refractivity contribution in [1.82, 2.24) is 4.72 Å². The van der Waals surface area contributed by atoms with Gasteiger partial charge >= 0.3 is 29.2 Å². The van der Waals surface area contributed by atoms with Crippen molar-refractivity contribution >= 4 is 16.0 Å². The van der Waals surface area contributed by atoms with E-state index >= 15 is 0 Å². The van der Waals surface area contributed by atoms with Crippen LogP contribution in [0.3, 0.4) is 0 Å². The van der Waals surface area contributed by atoms with E-state index in [-0.39, 0.29) is 0 Å². The molecule has 0 heterocycles. The Kier molecular flexibility index (Phi) is 5.10. The molecule has 0 aliphatic carbocycles. The molecule has 0 unspecified atom stereocenters. The lowest BCUT2D eigenvalue weighted by Gasteiger charge is -2.34. The van der Waals surface area contributed by atoms with Crippen molar-refractivity contribution in [2.24, 2.45) is 0 Å². The maximum absolute atomic E-state index is 13.2. The average molecular weight is 385 g/mol. The number of carbonyl (C=O) groups is 1. The summed E-state index contributed by atoms with van der Waals surface area (Å²) in [6.07, 6.45) is -7.20. The molecule has 15 heteroatoms. The van der Waals surface area contributed by atoms with Crippen LogP contribution in [0.15, 0.2) is 0 Å². The lowest BCUT2D eigenvalue weighted by atomic mass is 10.1. The highest BCUT2D eigenvalue weighted by Crippen LogP contribution is 2.54. The second-order valence-electron chi connectivity index (χ2n) is 4.70. The number of nitrogens with one attached hydrogen (secondary N) is 1. The van der Waals surface area contributed by atoms with Crippen LogP contribution in [-0.2, 0) is 14.8 Å². The van der Waals surface area contributed by atoms with Gasteiger partial charge in [0.15, 0.2) is 0 Å². The van der Waals surface area contributed by atoms with E-state index in [2.05, 4.69) is 0 Å². The molecule has 0 aromatic heterocycles. The molecular weight excluding hydrogens is 377 g/mol. The number of aliphatic carboxylic acids is 1. The molecule has 0 aliphatic heterocycles. The predicted octanol–water partition coefficient (Wildman–Crippen LogP) is 2.19. The fraction of sp³-hybridized carbons (Fsp3) is 0.875. The van der Waals surface area contributed by atoms with Gasteiger partial charge in [0, 0.05) is 0 Å². The molecule has 0 aromatic rings. The second-order valence-corrected chi connectivity index (χ2v) is 6.42. The first kappa shape index (κ1) is 21.8. The Morgan fingerprint density at radius 1 is 0.870 bits per heavy atom. The number of halogens is 9. The van der Waals surface area contributed by atoms with E-state index in [9.17, 15) is 52.7 Å². The van der Waals surface area contributed by atoms with E-state index in [1.165, 1.54) is 0 Å². The minimum absolute atomic E-state index is 0.364. The zero-order valence-corrected chi connectivity index (χ0v) is 11.8. The van der Waals surface area contributed by atoms with Gasteiger partial charge < -0.3 is 5.11 Å². The molecule has 0 radical (unpaired) electrons. The zero-order chi connectivity index (χ0) is 19.3. The van der Waals surface area contributed by atoms with Crippen LogP contribution in [0.4, 0.5) is 39.5 Å². The van der Waals surface area contributed by atoms with E-state index in [0.29, 0.717) is 18.6 Å². The van der Waals surface area contributed by atoms with Gasteiger partial charge in [0.05, 0.1) is 0 Å². The summed E-state index contributed by atoms with van der Waals surface area (Å²) in [5.74, 6) is -17.0. The summed E-state index contributed by atoms with van der Waals surface area (Å²) < 4.78 is 136. The molecule has 23 heavy (non-hydrogen) atoms. The number of alkyl halides is 9. The molecule has 0 rings (SSSR count). The van der Waals surface area contributed by atoms with E-state index in [1.54, 1.807) is 0 Å². The molecule has 0 saturated carbocycles. The third-order valence-electron chi connectivity index (χ3n) is 2.38. The largest absolute Gasteiger partial charge is 0.480 e. The number of hydrogen-bond acceptors (Lipinski definition) is 3. The Morgan fingerprint density at radius 3 is 1.48 bits per heavy atom. The van der Waals surface area contributed by atoms with Gasteiger partial charge in [-0.3, -0.25) is 4.79 Å². The fourth-order valence-electron chi connectivity index (χ4n) is 0.973. The lowest BCUT2D eigenvalue weighted by molar-refractivity contribution is -0.382. The minimum Gasteiger partial charge on any atom is -0.480 e. The molecule has 5 nitrogen and oxygen atoms in total. The lowest BCUT2D eigenvalue weighted by Crippen LogP contribution is -2.67. The maximum Gasteiger partial charge on any atom is 0.460 e. The van der Waals surface area contributed by atoms with Gasteiger partial charge in [-0.25, -0.2) is 8.42 Å². The van der Waals surface area contributed by atoms with Gasteiger partial charge in [-0.15, -0.1) is 0 Å². The van der Waals surface area contributed by atoms with Crippen LogP contribution in [0, 0.1) is 0 Å². The third kappa shape index (κ3) is 3.34. The highest BCUT2D eigenvalue weighted by atomic mass is 32.2. The summed E-state index contributed by atoms with van der Waals surface area (Å²) in [4.78, 5) is 10.5. The molecule has 0 aliphatic rings. The van der Waals surface area contributed by atoms with Gasteiger partial charge in [0.1, 0.15) is 5.54 Å². The van der Waals surface area contributed by atoms with Crippen LogP contribution in [0.25, 0.3) is 0 Å². The Balaban J connectivity index is 6.12. The Morgan fingerprint density at radius 2 is 1.22 bits per heavy atom. The van der Waals surface area contributed by atoms with E-state index < -0.39 is 44.8 Å². The van der Waals surface area contributed by atoms with Gasteiger partial charge in [0.25, 0.3) is 10.0 Å². The van der Waals surface area contributed by atoms with Crippen LogP contribution in [0.5, 0.6) is 0 Å². The number of carboxylic acids is 1. The summed E-state index contributed by atoms with van der Waals surface area (Å²) in [6.45, 7) is 0.728. The van der Waals surface area contributed by atoms with Gasteiger partial charge in [-0.1, -0.05) is 0 Å². The summed E-state index contributed by atoms with van der Waals surface area (Å²) in [5.41, 5.74) is -2.90. The summed E-state index contributed by atoms with van der Waals surface area (Å²) in [7, 11) is -6.96. The number of hydrogen-bond donors (Lipinski definition) is 2. The summed E-state index contributed by atoms with van der Waals surface area (Å²) in [5, 5.41) is 1.49. The van der Waals surface area contributed by atoms with Crippen molar-refractivity contribution in [2.45, 2.75) is 42.7 Å². The van der Waals surface area contributed by atoms with Crippen LogP contribution >= 0.6 is 0 Å². The standard InChI is InChI=1S/C8H8F9NO4S/c1-4(2,3(19)20)18-23(21,22)8(16,17)6(11,12)5(9,10)7(13,14)15/h18H,1-2H3,(H,19,20). The minimum atomic E-state index is -7.42. The molecule has 0 amide bonds. The van der Waals surface area contributed by atoms with E-state index in [0.717, 1.165) is 0 Å². The predicted molar refractivity (Wildman–Crippen MR) is 54.7 cm³/mol. The quantitative estimate of drug-likeness (QED) is 0.687. The van der Waals surface area contributed by atoms with Crippen LogP contribution in [0.1, 0.15) is 13.8 Å². The van der Waals surface area contributed by atoms with Gasteiger partial charge in [0.2, 0.25) is 0 Å². The topological polar surface area (TPSA) is 83.5 Å². The first-order chi connectivity index (χ1) is 9.65. The molecule has 0 atom stereocenters. The Hall–Kier alpha value is -1.25. The van der Waals surface area contributed by atoms with E-state index in [4.69, 9.17) is 5.11 Å². The van der Waals surface area contributed by atoms with Crippen LogP contribution < -0.4 is 4.72 Å². The smallest absolute Gasteiger partial charge is 0.460 e. The average Bonchev–Trinajstić information content (AvgIpc) is 2.24. The van der Waals surface area contributed by atoms with E-state index in [1.807, 2.05) is 0 Å². The van der Waals surface area contributed by atoms with Gasteiger partial charge in [-0.2, -0.15) is 44.2 Å². The Bertz CT molecular complexity index is 581. The highest BCUT2D eigenvalue weighted by Gasteiger charge is 2.85. The van der Waals surface area contributed by atoms with Crippen molar-refractivity contribution in [1.29, 1.82) is 0 Å². The first-order valence-corrected chi connectivity index (χ1v) is 6.60. The SMILES string of the molecule is CC(C)(NS(=O)(=O)C(F)(F)C(F)(F)C(F)(F)C(F)(F)F)C(=O)O. The van der Waals surface area contributed by atoms with Crippen LogP contribution in [0.2, 0.25) is 0 Å². The molecule has 0 fully saturated rings. The molecule has 0 aromatic carbocycles. The normalized spacial score (nSPS) is 15.6. The third-order valence-corrected chi connectivity index (χ3v) is 4.09. The maximum atomic E-state index is 13.2. The van der Waals surface area contributed by atoms with Crippen molar-refractivity contribution in [2.75, 3.05) is 0 Å². The molecule has 0 saturated heterocycles. The summed E-state index contributed by atoms with van der Waals surface area (Å²) >= 11 is 0. The molecule has 2 N–H and O–H groups in total. The van der Waals surface area contributed by atoms with Crippen molar-refractivity contribution < 1.29 is 57.8 Å². The second kappa shape index (κ2) is 5.39. The summed E-state index contributed by atoms with van der Waals surface area (Å²) in [6, 6.07) is 0. The van der Waals surface area contributed by atoms with Gasteiger partial charge in [-0.05, 0) is 13.8 Å². The van der Waals surface area contributed by atoms with Crippen molar-refractivity contribution in [3.63, 3.8) is 0 Å². The number of sulfonamides is 1. The first-order valence-electron chi connectivity index (χ1n) is 5.12. The zero-order valence-electron chi connectivity index (χ0n) is 11.0. The van der Waals surface area contributed by atoms with Crippen LogP contribution in [-0.4, -0.2) is 48.3 Å². The van der Waals surface area contributed by atoms with Crippen molar-refractivity contribution in [3.8, 4) is 0 Å². The molecular formula is C8H8F9NO4S. The van der Waals surface area contributed by atoms with Crippen molar-refractivity contribution in [3.05, 3.63) is 0 Å². The molecule has 0 bridgehead atoms. The molecule has 138 valence electrons. The highest BCUT2D eigenvalue weighted by molar-refractivity contribution is 7.90. The molecule has 0 spiro atoms.